The third-order valence-electron chi connectivity index (χ3n) is 2.33. The quantitative estimate of drug-likeness (QED) is 0.498. The van der Waals surface area contributed by atoms with E-state index in [2.05, 4.69) is 15.6 Å². The lowest BCUT2D eigenvalue weighted by Gasteiger charge is -2.06. The van der Waals surface area contributed by atoms with Gasteiger partial charge in [-0.15, -0.1) is 0 Å². The van der Waals surface area contributed by atoms with Crippen LogP contribution in [0.3, 0.4) is 0 Å². The predicted molar refractivity (Wildman–Crippen MR) is 71.7 cm³/mol. The molecule has 0 atom stereocenters. The fourth-order valence-electron chi connectivity index (χ4n) is 1.38. The topological polar surface area (TPSA) is 123 Å². The molecule has 0 fully saturated rings. The fourth-order valence-corrected chi connectivity index (χ4v) is 1.38. The molecule has 104 valence electrons. The van der Waals surface area contributed by atoms with E-state index >= 15 is 0 Å². The van der Waals surface area contributed by atoms with Gasteiger partial charge in [0.25, 0.3) is 0 Å². The number of nitro groups is 1. The number of anilines is 2. The zero-order valence-electron chi connectivity index (χ0n) is 10.7. The average molecular weight is 267 g/mol. The van der Waals surface area contributed by atoms with Crippen LogP contribution in [0.15, 0.2) is 12.1 Å². The van der Waals surface area contributed by atoms with Crippen molar-refractivity contribution in [2.45, 2.75) is 19.8 Å². The first-order chi connectivity index (χ1) is 9.04. The van der Waals surface area contributed by atoms with E-state index in [0.717, 1.165) is 6.42 Å². The standard InChI is InChI=1S/C11H17N5O3/c1-2-6-14-10(17)5-7-13-9-4-3-8(16(18)19)11(12)15-9/h3-4H,2,5-7H2,1H3,(H,14,17)(H3,12,13,15). The van der Waals surface area contributed by atoms with Crippen LogP contribution in [0.1, 0.15) is 19.8 Å². The molecule has 0 bridgehead atoms. The number of aromatic nitrogens is 1. The summed E-state index contributed by atoms with van der Waals surface area (Å²) in [5, 5.41) is 16.2. The minimum atomic E-state index is -0.593. The van der Waals surface area contributed by atoms with Crippen molar-refractivity contribution in [1.29, 1.82) is 0 Å². The number of rotatable bonds is 7. The van der Waals surface area contributed by atoms with E-state index in [4.69, 9.17) is 5.73 Å². The van der Waals surface area contributed by atoms with Crippen LogP contribution in [0, 0.1) is 10.1 Å². The summed E-state index contributed by atoms with van der Waals surface area (Å²) >= 11 is 0. The molecule has 19 heavy (non-hydrogen) atoms. The molecule has 0 aliphatic heterocycles. The van der Waals surface area contributed by atoms with Gasteiger partial charge in [-0.05, 0) is 12.5 Å². The van der Waals surface area contributed by atoms with Crippen molar-refractivity contribution < 1.29 is 9.72 Å². The highest BCUT2D eigenvalue weighted by Crippen LogP contribution is 2.20. The summed E-state index contributed by atoms with van der Waals surface area (Å²) in [5.41, 5.74) is 5.22. The number of nitrogens with one attached hydrogen (secondary N) is 2. The maximum Gasteiger partial charge on any atom is 0.311 e. The Labute approximate surface area is 110 Å². The molecule has 1 aromatic rings. The summed E-state index contributed by atoms with van der Waals surface area (Å²) in [7, 11) is 0. The van der Waals surface area contributed by atoms with Gasteiger partial charge in [0.15, 0.2) is 0 Å². The minimum Gasteiger partial charge on any atom is -0.378 e. The van der Waals surface area contributed by atoms with Crippen molar-refractivity contribution in [3.63, 3.8) is 0 Å². The van der Waals surface area contributed by atoms with Crippen molar-refractivity contribution >= 4 is 23.2 Å². The number of carbonyl (C=O) groups is 1. The van der Waals surface area contributed by atoms with E-state index in [1.165, 1.54) is 12.1 Å². The molecule has 0 saturated carbocycles. The van der Waals surface area contributed by atoms with Gasteiger partial charge in [-0.1, -0.05) is 6.92 Å². The number of amides is 1. The number of hydrogen-bond acceptors (Lipinski definition) is 6. The maximum atomic E-state index is 11.3. The average Bonchev–Trinajstić information content (AvgIpc) is 2.36. The van der Waals surface area contributed by atoms with Crippen LogP contribution in [0.4, 0.5) is 17.3 Å². The smallest absolute Gasteiger partial charge is 0.311 e. The van der Waals surface area contributed by atoms with Crippen LogP contribution < -0.4 is 16.4 Å². The Balaban J connectivity index is 2.44. The Bertz CT molecular complexity index is 464. The van der Waals surface area contributed by atoms with Gasteiger partial charge in [-0.25, -0.2) is 4.98 Å². The van der Waals surface area contributed by atoms with E-state index in [-0.39, 0.29) is 17.4 Å². The van der Waals surface area contributed by atoms with Gasteiger partial charge in [0.1, 0.15) is 5.82 Å². The van der Waals surface area contributed by atoms with Crippen LogP contribution in [-0.2, 0) is 4.79 Å². The van der Waals surface area contributed by atoms with Crippen LogP contribution in [-0.4, -0.2) is 28.9 Å². The van der Waals surface area contributed by atoms with Gasteiger partial charge in [-0.3, -0.25) is 14.9 Å². The SMILES string of the molecule is CCCNC(=O)CCNc1ccc([N+](=O)[O-])c(N)n1. The molecule has 0 unspecified atom stereocenters. The molecule has 8 nitrogen and oxygen atoms in total. The lowest BCUT2D eigenvalue weighted by Crippen LogP contribution is -2.26. The number of pyridine rings is 1. The van der Waals surface area contributed by atoms with Crippen molar-refractivity contribution in [3.8, 4) is 0 Å². The summed E-state index contributed by atoms with van der Waals surface area (Å²) in [6.45, 7) is 3.02. The van der Waals surface area contributed by atoms with E-state index in [1.807, 2.05) is 6.92 Å². The second kappa shape index (κ2) is 7.14. The first-order valence-corrected chi connectivity index (χ1v) is 5.96. The fraction of sp³-hybridized carbons (Fsp3) is 0.455. The van der Waals surface area contributed by atoms with E-state index in [0.29, 0.717) is 25.3 Å². The highest BCUT2D eigenvalue weighted by atomic mass is 16.6. The molecule has 0 aliphatic rings. The largest absolute Gasteiger partial charge is 0.378 e. The van der Waals surface area contributed by atoms with Gasteiger partial charge in [0, 0.05) is 25.6 Å². The zero-order valence-corrected chi connectivity index (χ0v) is 10.7. The van der Waals surface area contributed by atoms with Gasteiger partial charge >= 0.3 is 5.69 Å². The molecule has 0 spiro atoms. The second-order valence-electron chi connectivity index (χ2n) is 3.88. The van der Waals surface area contributed by atoms with Crippen molar-refractivity contribution in [2.75, 3.05) is 24.1 Å². The Hall–Kier alpha value is -2.38. The highest BCUT2D eigenvalue weighted by Gasteiger charge is 2.12. The Morgan fingerprint density at radius 1 is 1.47 bits per heavy atom. The molecule has 1 rings (SSSR count). The van der Waals surface area contributed by atoms with E-state index in [9.17, 15) is 14.9 Å². The first-order valence-electron chi connectivity index (χ1n) is 5.96. The molecule has 0 saturated heterocycles. The molecule has 0 aromatic carbocycles. The number of nitrogen functional groups attached to an aromatic ring is 1. The van der Waals surface area contributed by atoms with Crippen LogP contribution >= 0.6 is 0 Å². The van der Waals surface area contributed by atoms with E-state index < -0.39 is 4.92 Å². The van der Waals surface area contributed by atoms with Crippen LogP contribution in [0.5, 0.6) is 0 Å². The third kappa shape index (κ3) is 4.78. The van der Waals surface area contributed by atoms with E-state index in [1.54, 1.807) is 0 Å². The number of carbonyl (C=O) groups excluding carboxylic acids is 1. The summed E-state index contributed by atoms with van der Waals surface area (Å²) in [5.74, 6) is 0.209. The predicted octanol–water partition coefficient (Wildman–Crippen LogP) is 0.900. The Morgan fingerprint density at radius 3 is 2.79 bits per heavy atom. The zero-order chi connectivity index (χ0) is 14.3. The normalized spacial score (nSPS) is 9.95. The summed E-state index contributed by atoms with van der Waals surface area (Å²) in [6, 6.07) is 2.74. The number of hydrogen-bond donors (Lipinski definition) is 3. The van der Waals surface area contributed by atoms with Crippen molar-refractivity contribution in [1.82, 2.24) is 10.3 Å². The molecule has 1 heterocycles. The molecular formula is C11H17N5O3. The van der Waals surface area contributed by atoms with Gasteiger partial charge in [0.05, 0.1) is 4.92 Å². The van der Waals surface area contributed by atoms with Gasteiger partial charge < -0.3 is 16.4 Å². The van der Waals surface area contributed by atoms with Gasteiger partial charge in [0.2, 0.25) is 11.7 Å². The molecule has 0 aliphatic carbocycles. The minimum absolute atomic E-state index is 0.0516. The molecule has 8 heteroatoms. The molecule has 4 N–H and O–H groups in total. The third-order valence-corrected chi connectivity index (χ3v) is 2.33. The molecule has 1 aromatic heterocycles. The first kappa shape index (κ1) is 14.7. The number of nitrogens with zero attached hydrogens (tertiary/aromatic N) is 2. The molecule has 0 radical (unpaired) electrons. The second-order valence-corrected chi connectivity index (χ2v) is 3.88. The van der Waals surface area contributed by atoms with Gasteiger partial charge in [-0.2, -0.15) is 0 Å². The molecule has 1 amide bonds. The highest BCUT2D eigenvalue weighted by molar-refractivity contribution is 5.76. The monoisotopic (exact) mass is 267 g/mol. The van der Waals surface area contributed by atoms with Crippen molar-refractivity contribution in [3.05, 3.63) is 22.2 Å². The lowest BCUT2D eigenvalue weighted by molar-refractivity contribution is -0.384. The maximum absolute atomic E-state index is 11.3. The summed E-state index contributed by atoms with van der Waals surface area (Å²) in [4.78, 5) is 25.1. The number of nitrogens with two attached hydrogens (primary N) is 1. The Morgan fingerprint density at radius 2 is 2.21 bits per heavy atom. The van der Waals surface area contributed by atoms with Crippen LogP contribution in [0.25, 0.3) is 0 Å². The van der Waals surface area contributed by atoms with Crippen molar-refractivity contribution in [2.24, 2.45) is 0 Å². The lowest BCUT2D eigenvalue weighted by atomic mass is 10.3. The summed E-state index contributed by atoms with van der Waals surface area (Å²) in [6.07, 6.45) is 1.19. The molecular weight excluding hydrogens is 250 g/mol. The van der Waals surface area contributed by atoms with Crippen LogP contribution in [0.2, 0.25) is 0 Å². The summed E-state index contributed by atoms with van der Waals surface area (Å²) < 4.78 is 0. The Kier molecular flexibility index (Phi) is 5.52.